The molecule has 5 heteroatoms. The van der Waals surface area contributed by atoms with Gasteiger partial charge in [-0.3, -0.25) is 0 Å². The summed E-state index contributed by atoms with van der Waals surface area (Å²) in [5, 5.41) is 11.9. The van der Waals surface area contributed by atoms with Gasteiger partial charge in [0.25, 0.3) is 0 Å². The van der Waals surface area contributed by atoms with Crippen LogP contribution in [0.4, 0.5) is 11.8 Å². The van der Waals surface area contributed by atoms with E-state index in [0.717, 1.165) is 24.9 Å². The third kappa shape index (κ3) is 3.58. The van der Waals surface area contributed by atoms with Gasteiger partial charge in [-0.05, 0) is 32.1 Å². The summed E-state index contributed by atoms with van der Waals surface area (Å²) in [6.07, 6.45) is 13.5. The van der Waals surface area contributed by atoms with Crippen LogP contribution in [-0.4, -0.2) is 34.3 Å². The molecule has 20 heavy (non-hydrogen) atoms. The Hall–Kier alpha value is -1.39. The molecule has 0 amide bonds. The summed E-state index contributed by atoms with van der Waals surface area (Å²) in [5.41, 5.74) is 0. The normalized spacial score (nSPS) is 21.5. The summed E-state index contributed by atoms with van der Waals surface area (Å²) in [6, 6.07) is 0.559. The van der Waals surface area contributed by atoms with Crippen molar-refractivity contribution in [3.63, 3.8) is 0 Å². The minimum absolute atomic E-state index is 0.559. The van der Waals surface area contributed by atoms with E-state index in [1.165, 1.54) is 57.8 Å². The number of aromatic nitrogens is 3. The lowest BCUT2D eigenvalue weighted by molar-refractivity contribution is 0.564. The summed E-state index contributed by atoms with van der Waals surface area (Å²) in [7, 11) is 0. The molecule has 1 aliphatic heterocycles. The van der Waals surface area contributed by atoms with Crippen LogP contribution in [0.5, 0.6) is 0 Å². The van der Waals surface area contributed by atoms with Crippen molar-refractivity contribution in [1.82, 2.24) is 15.2 Å². The highest BCUT2D eigenvalue weighted by atomic mass is 15.3. The van der Waals surface area contributed by atoms with Crippen LogP contribution in [0.15, 0.2) is 6.20 Å². The molecule has 0 spiro atoms. The predicted molar refractivity (Wildman–Crippen MR) is 81.0 cm³/mol. The van der Waals surface area contributed by atoms with Crippen LogP contribution in [-0.2, 0) is 0 Å². The van der Waals surface area contributed by atoms with E-state index in [4.69, 9.17) is 0 Å². The molecule has 2 aliphatic rings. The Morgan fingerprint density at radius 2 is 1.65 bits per heavy atom. The summed E-state index contributed by atoms with van der Waals surface area (Å²) in [5.74, 6) is 1.69. The summed E-state index contributed by atoms with van der Waals surface area (Å²) >= 11 is 0. The Morgan fingerprint density at radius 1 is 0.950 bits per heavy atom. The molecule has 0 atom stereocenters. The van der Waals surface area contributed by atoms with E-state index in [2.05, 4.69) is 25.4 Å². The van der Waals surface area contributed by atoms with E-state index in [1.54, 1.807) is 6.20 Å². The molecular formula is C15H25N5. The largest absolute Gasteiger partial charge is 0.366 e. The van der Waals surface area contributed by atoms with Crippen LogP contribution >= 0.6 is 0 Å². The fraction of sp³-hybridized carbons (Fsp3) is 0.800. The van der Waals surface area contributed by atoms with Gasteiger partial charge in [-0.1, -0.05) is 25.7 Å². The van der Waals surface area contributed by atoms with E-state index in [0.29, 0.717) is 6.04 Å². The van der Waals surface area contributed by atoms with Crippen LogP contribution < -0.4 is 10.2 Å². The van der Waals surface area contributed by atoms with Gasteiger partial charge in [0.1, 0.15) is 0 Å². The zero-order valence-electron chi connectivity index (χ0n) is 12.2. The molecule has 0 radical (unpaired) electrons. The number of nitrogens with zero attached hydrogens (tertiary/aromatic N) is 4. The van der Waals surface area contributed by atoms with Gasteiger partial charge in [-0.15, -0.1) is 5.10 Å². The predicted octanol–water partition coefficient (Wildman–Crippen LogP) is 3.00. The van der Waals surface area contributed by atoms with E-state index >= 15 is 0 Å². The van der Waals surface area contributed by atoms with Gasteiger partial charge in [0.05, 0.1) is 6.20 Å². The zero-order valence-corrected chi connectivity index (χ0v) is 12.2. The first-order valence-corrected chi connectivity index (χ1v) is 8.13. The summed E-state index contributed by atoms with van der Waals surface area (Å²) in [4.78, 5) is 6.92. The molecule has 0 bridgehead atoms. The lowest BCUT2D eigenvalue weighted by atomic mass is 10.1. The van der Waals surface area contributed by atoms with E-state index < -0.39 is 0 Å². The van der Waals surface area contributed by atoms with Gasteiger partial charge in [0.2, 0.25) is 5.95 Å². The highest BCUT2D eigenvalue weighted by Gasteiger charge is 2.16. The van der Waals surface area contributed by atoms with Crippen molar-refractivity contribution in [2.45, 2.75) is 63.8 Å². The summed E-state index contributed by atoms with van der Waals surface area (Å²) in [6.45, 7) is 2.13. The molecule has 1 aromatic rings. The third-order valence-electron chi connectivity index (χ3n) is 4.39. The molecular weight excluding hydrogens is 250 g/mol. The SMILES string of the molecule is c1nnc(N2CCCCC2)nc1NC1CCCCCC1. The molecule has 1 aromatic heterocycles. The molecule has 2 fully saturated rings. The second-order valence-electron chi connectivity index (χ2n) is 6.02. The quantitative estimate of drug-likeness (QED) is 0.859. The van der Waals surface area contributed by atoms with Gasteiger partial charge >= 0.3 is 0 Å². The Labute approximate surface area is 121 Å². The van der Waals surface area contributed by atoms with Crippen LogP contribution in [0.3, 0.4) is 0 Å². The number of piperidine rings is 1. The van der Waals surface area contributed by atoms with Crippen molar-refractivity contribution < 1.29 is 0 Å². The van der Waals surface area contributed by atoms with E-state index in [1.807, 2.05) is 0 Å². The minimum atomic E-state index is 0.559. The molecule has 3 rings (SSSR count). The minimum Gasteiger partial charge on any atom is -0.366 e. The van der Waals surface area contributed by atoms with Crippen LogP contribution in [0.1, 0.15) is 57.8 Å². The lowest BCUT2D eigenvalue weighted by Gasteiger charge is -2.26. The number of anilines is 2. The average Bonchev–Trinajstić information content (AvgIpc) is 2.77. The van der Waals surface area contributed by atoms with Crippen molar-refractivity contribution in [3.8, 4) is 0 Å². The van der Waals surface area contributed by atoms with Gasteiger partial charge < -0.3 is 10.2 Å². The third-order valence-corrected chi connectivity index (χ3v) is 4.39. The average molecular weight is 275 g/mol. The second-order valence-corrected chi connectivity index (χ2v) is 6.02. The Balaban J connectivity index is 1.64. The van der Waals surface area contributed by atoms with Crippen LogP contribution in [0.2, 0.25) is 0 Å². The van der Waals surface area contributed by atoms with Gasteiger partial charge in [0, 0.05) is 19.1 Å². The highest BCUT2D eigenvalue weighted by Crippen LogP contribution is 2.21. The molecule has 1 aliphatic carbocycles. The maximum absolute atomic E-state index is 4.66. The molecule has 5 nitrogen and oxygen atoms in total. The monoisotopic (exact) mass is 275 g/mol. The van der Waals surface area contributed by atoms with Crippen LogP contribution in [0.25, 0.3) is 0 Å². The lowest BCUT2D eigenvalue weighted by Crippen LogP contribution is -2.31. The Bertz CT molecular complexity index is 408. The van der Waals surface area contributed by atoms with E-state index in [-0.39, 0.29) is 0 Å². The number of nitrogens with one attached hydrogen (secondary N) is 1. The maximum Gasteiger partial charge on any atom is 0.247 e. The standard InChI is InChI=1S/C15H25N5/c1-2-5-9-13(8-4-1)17-14-12-16-19-15(18-14)20-10-6-3-7-11-20/h12-13H,1-11H2,(H,17,18,19). The first-order valence-electron chi connectivity index (χ1n) is 8.13. The Kier molecular flexibility index (Phi) is 4.66. The molecule has 2 heterocycles. The molecule has 1 N–H and O–H groups in total. The first kappa shape index (κ1) is 13.6. The topological polar surface area (TPSA) is 53.9 Å². The number of rotatable bonds is 3. The number of hydrogen-bond donors (Lipinski definition) is 1. The van der Waals surface area contributed by atoms with Gasteiger partial charge in [-0.25, -0.2) is 0 Å². The number of hydrogen-bond acceptors (Lipinski definition) is 5. The Morgan fingerprint density at radius 3 is 2.40 bits per heavy atom. The smallest absolute Gasteiger partial charge is 0.247 e. The molecule has 1 saturated heterocycles. The fourth-order valence-corrected chi connectivity index (χ4v) is 3.22. The maximum atomic E-state index is 4.66. The highest BCUT2D eigenvalue weighted by molar-refractivity contribution is 5.39. The van der Waals surface area contributed by atoms with Crippen molar-refractivity contribution in [2.75, 3.05) is 23.3 Å². The molecule has 0 unspecified atom stereocenters. The van der Waals surface area contributed by atoms with Gasteiger partial charge in [0.15, 0.2) is 5.82 Å². The molecule has 0 aromatic carbocycles. The van der Waals surface area contributed by atoms with Crippen LogP contribution in [0, 0.1) is 0 Å². The fourth-order valence-electron chi connectivity index (χ4n) is 3.22. The summed E-state index contributed by atoms with van der Waals surface area (Å²) < 4.78 is 0. The zero-order chi connectivity index (χ0) is 13.6. The van der Waals surface area contributed by atoms with Crippen molar-refractivity contribution in [1.29, 1.82) is 0 Å². The van der Waals surface area contributed by atoms with E-state index in [9.17, 15) is 0 Å². The van der Waals surface area contributed by atoms with Crippen molar-refractivity contribution >= 4 is 11.8 Å². The van der Waals surface area contributed by atoms with Crippen molar-refractivity contribution in [2.24, 2.45) is 0 Å². The van der Waals surface area contributed by atoms with Crippen molar-refractivity contribution in [3.05, 3.63) is 6.20 Å². The molecule has 1 saturated carbocycles. The molecule has 110 valence electrons. The van der Waals surface area contributed by atoms with Gasteiger partial charge in [-0.2, -0.15) is 10.1 Å². The first-order chi connectivity index (χ1) is 9.92. The second kappa shape index (κ2) is 6.86.